The van der Waals surface area contributed by atoms with Crippen molar-refractivity contribution in [1.29, 1.82) is 0 Å². The second-order valence-electron chi connectivity index (χ2n) is 7.00. The third-order valence-electron chi connectivity index (χ3n) is 4.65. The highest BCUT2D eigenvalue weighted by atomic mass is 19.1. The summed E-state index contributed by atoms with van der Waals surface area (Å²) in [6.45, 7) is 1.24. The summed E-state index contributed by atoms with van der Waals surface area (Å²) in [6, 6.07) is 10.6. The average molecular weight is 469 g/mol. The Morgan fingerprint density at radius 2 is 1.65 bits per heavy atom. The molecule has 1 amide bonds. The first-order valence-electron chi connectivity index (χ1n) is 10.1. The summed E-state index contributed by atoms with van der Waals surface area (Å²) in [7, 11) is 4.48. The molecule has 0 spiro atoms. The van der Waals surface area contributed by atoms with Gasteiger partial charge in [0.2, 0.25) is 0 Å². The van der Waals surface area contributed by atoms with Crippen molar-refractivity contribution in [2.45, 2.75) is 6.92 Å². The Morgan fingerprint density at radius 3 is 2.29 bits per heavy atom. The van der Waals surface area contributed by atoms with Gasteiger partial charge < -0.3 is 24.3 Å². The van der Waals surface area contributed by atoms with Crippen LogP contribution in [0.4, 0.5) is 10.2 Å². The van der Waals surface area contributed by atoms with Gasteiger partial charge in [-0.3, -0.25) is 4.79 Å². The van der Waals surface area contributed by atoms with Crippen molar-refractivity contribution < 1.29 is 32.9 Å². The van der Waals surface area contributed by atoms with Crippen molar-refractivity contribution >= 4 is 23.8 Å². The van der Waals surface area contributed by atoms with Crippen LogP contribution < -0.4 is 19.5 Å². The number of anilines is 1. The maximum Gasteiger partial charge on any atom is 0.331 e. The number of rotatable bonds is 9. The minimum atomic E-state index is -0.727. The SMILES string of the molecule is COc1cc(OC)c(OC)cc1/C=C/C(=O)OCC(=O)Nc1cc(C)nn1-c1ccc(F)cc1. The van der Waals surface area contributed by atoms with E-state index in [1.54, 1.807) is 25.1 Å². The van der Waals surface area contributed by atoms with E-state index in [0.717, 1.165) is 0 Å². The quantitative estimate of drug-likeness (QED) is 0.378. The van der Waals surface area contributed by atoms with Gasteiger partial charge in [0.05, 0.1) is 32.7 Å². The van der Waals surface area contributed by atoms with E-state index in [1.807, 2.05) is 0 Å². The summed E-state index contributed by atoms with van der Waals surface area (Å²) in [5.41, 5.74) is 1.76. The van der Waals surface area contributed by atoms with Crippen LogP contribution in [-0.4, -0.2) is 49.6 Å². The van der Waals surface area contributed by atoms with Crippen LogP contribution in [0, 0.1) is 12.7 Å². The lowest BCUT2D eigenvalue weighted by Crippen LogP contribution is -2.21. The molecule has 0 aliphatic carbocycles. The van der Waals surface area contributed by atoms with Crippen LogP contribution >= 0.6 is 0 Å². The van der Waals surface area contributed by atoms with Crippen LogP contribution in [0.5, 0.6) is 17.2 Å². The lowest BCUT2D eigenvalue weighted by Gasteiger charge is -2.12. The second-order valence-corrected chi connectivity index (χ2v) is 7.00. The first-order valence-corrected chi connectivity index (χ1v) is 10.1. The molecule has 178 valence electrons. The molecule has 0 aliphatic rings. The number of benzene rings is 2. The first kappa shape index (κ1) is 24.3. The molecule has 10 heteroatoms. The van der Waals surface area contributed by atoms with Gasteiger partial charge in [-0.15, -0.1) is 0 Å². The summed E-state index contributed by atoms with van der Waals surface area (Å²) in [5.74, 6) is 0.0852. The predicted molar refractivity (Wildman–Crippen MR) is 123 cm³/mol. The average Bonchev–Trinajstić information content (AvgIpc) is 3.20. The molecule has 0 unspecified atom stereocenters. The van der Waals surface area contributed by atoms with Crippen LogP contribution in [0.1, 0.15) is 11.3 Å². The number of methoxy groups -OCH3 is 3. The summed E-state index contributed by atoms with van der Waals surface area (Å²) in [4.78, 5) is 24.5. The van der Waals surface area contributed by atoms with Crippen LogP contribution in [0.15, 0.2) is 48.5 Å². The highest BCUT2D eigenvalue weighted by molar-refractivity contribution is 5.94. The first-order chi connectivity index (χ1) is 16.3. The van der Waals surface area contributed by atoms with E-state index in [9.17, 15) is 14.0 Å². The molecule has 0 atom stereocenters. The summed E-state index contributed by atoms with van der Waals surface area (Å²) >= 11 is 0. The number of nitrogens with one attached hydrogen (secondary N) is 1. The van der Waals surface area contributed by atoms with E-state index in [1.165, 1.54) is 62.4 Å². The molecule has 0 saturated carbocycles. The van der Waals surface area contributed by atoms with Crippen LogP contribution in [-0.2, 0) is 14.3 Å². The second kappa shape index (κ2) is 11.0. The van der Waals surface area contributed by atoms with Gasteiger partial charge in [0, 0.05) is 23.8 Å². The van der Waals surface area contributed by atoms with Gasteiger partial charge in [-0.25, -0.2) is 13.9 Å². The Hall–Kier alpha value is -4.34. The number of aryl methyl sites for hydroxylation is 1. The predicted octanol–water partition coefficient (Wildman–Crippen LogP) is 3.54. The highest BCUT2D eigenvalue weighted by Crippen LogP contribution is 2.35. The lowest BCUT2D eigenvalue weighted by atomic mass is 10.1. The number of aromatic nitrogens is 2. The zero-order valence-corrected chi connectivity index (χ0v) is 19.1. The van der Waals surface area contributed by atoms with Gasteiger partial charge in [0.25, 0.3) is 5.91 Å². The van der Waals surface area contributed by atoms with Gasteiger partial charge in [0.1, 0.15) is 17.4 Å². The van der Waals surface area contributed by atoms with E-state index in [-0.39, 0.29) is 5.82 Å². The number of amides is 1. The third kappa shape index (κ3) is 5.91. The Labute approximate surface area is 195 Å². The molecule has 0 saturated heterocycles. The van der Waals surface area contributed by atoms with Gasteiger partial charge in [-0.1, -0.05) is 0 Å². The minimum Gasteiger partial charge on any atom is -0.496 e. The van der Waals surface area contributed by atoms with E-state index in [4.69, 9.17) is 18.9 Å². The van der Waals surface area contributed by atoms with Crippen molar-refractivity contribution in [1.82, 2.24) is 9.78 Å². The highest BCUT2D eigenvalue weighted by Gasteiger charge is 2.13. The number of carbonyl (C=O) groups is 2. The topological polar surface area (TPSA) is 101 Å². The Morgan fingerprint density at radius 1 is 1.00 bits per heavy atom. The third-order valence-corrected chi connectivity index (χ3v) is 4.65. The lowest BCUT2D eigenvalue weighted by molar-refractivity contribution is -0.142. The molecule has 9 nitrogen and oxygen atoms in total. The normalized spacial score (nSPS) is 10.7. The molecular weight excluding hydrogens is 445 g/mol. The molecule has 3 rings (SSSR count). The summed E-state index contributed by atoms with van der Waals surface area (Å²) in [5, 5.41) is 6.93. The van der Waals surface area contributed by atoms with Crippen molar-refractivity contribution in [3.05, 3.63) is 65.6 Å². The van der Waals surface area contributed by atoms with E-state index < -0.39 is 18.5 Å². The van der Waals surface area contributed by atoms with Crippen molar-refractivity contribution in [3.63, 3.8) is 0 Å². The molecule has 1 heterocycles. The molecule has 34 heavy (non-hydrogen) atoms. The zero-order valence-electron chi connectivity index (χ0n) is 19.1. The maximum atomic E-state index is 13.2. The van der Waals surface area contributed by atoms with E-state index in [2.05, 4.69) is 10.4 Å². The van der Waals surface area contributed by atoms with Gasteiger partial charge in [0.15, 0.2) is 18.1 Å². The molecule has 0 fully saturated rings. The Balaban J connectivity index is 1.63. The fourth-order valence-corrected chi connectivity index (χ4v) is 3.07. The van der Waals surface area contributed by atoms with Crippen molar-refractivity contribution in [2.75, 3.05) is 33.3 Å². The standard InChI is InChI=1S/C24H24FN3O6/c1-15-11-22(28(27-15)18-8-6-17(25)7-9-18)26-23(29)14-34-24(30)10-5-16-12-20(32-3)21(33-4)13-19(16)31-2/h5-13H,14H2,1-4H3,(H,26,29)/b10-5+. The molecule has 0 aliphatic heterocycles. The molecule has 2 aromatic carbocycles. The van der Waals surface area contributed by atoms with Crippen LogP contribution in [0.3, 0.4) is 0 Å². The molecule has 1 N–H and O–H groups in total. The zero-order chi connectivity index (χ0) is 24.7. The molecule has 0 bridgehead atoms. The number of halogens is 1. The maximum absolute atomic E-state index is 13.2. The number of nitrogens with zero attached hydrogens (tertiary/aromatic N) is 2. The minimum absolute atomic E-state index is 0.357. The molecule has 0 radical (unpaired) electrons. The van der Waals surface area contributed by atoms with E-state index in [0.29, 0.717) is 40.0 Å². The van der Waals surface area contributed by atoms with Crippen LogP contribution in [0.25, 0.3) is 11.8 Å². The van der Waals surface area contributed by atoms with Gasteiger partial charge in [-0.2, -0.15) is 5.10 Å². The Kier molecular flexibility index (Phi) is 7.86. The van der Waals surface area contributed by atoms with Crippen LogP contribution in [0.2, 0.25) is 0 Å². The Bertz CT molecular complexity index is 1200. The van der Waals surface area contributed by atoms with Gasteiger partial charge in [-0.05, 0) is 43.3 Å². The largest absolute Gasteiger partial charge is 0.496 e. The fourth-order valence-electron chi connectivity index (χ4n) is 3.07. The number of carbonyl (C=O) groups excluding carboxylic acids is 2. The number of ether oxygens (including phenoxy) is 4. The number of hydrogen-bond donors (Lipinski definition) is 1. The number of esters is 1. The summed E-state index contributed by atoms with van der Waals surface area (Å²) in [6.07, 6.45) is 2.65. The van der Waals surface area contributed by atoms with Gasteiger partial charge >= 0.3 is 5.97 Å². The monoisotopic (exact) mass is 469 g/mol. The fraction of sp³-hybridized carbons (Fsp3) is 0.208. The van der Waals surface area contributed by atoms with E-state index >= 15 is 0 Å². The summed E-state index contributed by atoms with van der Waals surface area (Å²) < 4.78 is 35.5. The number of hydrogen-bond acceptors (Lipinski definition) is 7. The van der Waals surface area contributed by atoms with Crippen molar-refractivity contribution in [3.8, 4) is 22.9 Å². The molecule has 1 aromatic heterocycles. The molecular formula is C24H24FN3O6. The smallest absolute Gasteiger partial charge is 0.331 e. The molecule has 3 aromatic rings. The van der Waals surface area contributed by atoms with Crippen molar-refractivity contribution in [2.24, 2.45) is 0 Å².